The maximum absolute atomic E-state index is 13.4. The van der Waals surface area contributed by atoms with Gasteiger partial charge in [0.25, 0.3) is 0 Å². The van der Waals surface area contributed by atoms with E-state index in [0.717, 1.165) is 16.7 Å². The van der Waals surface area contributed by atoms with Gasteiger partial charge in [0.05, 0.1) is 0 Å². The van der Waals surface area contributed by atoms with Gasteiger partial charge in [-0.25, -0.2) is 0 Å². The van der Waals surface area contributed by atoms with Gasteiger partial charge >= 0.3 is 0 Å². The third-order valence-electron chi connectivity index (χ3n) is 4.94. The smallest absolute Gasteiger partial charge is 0.247 e. The van der Waals surface area contributed by atoms with E-state index in [4.69, 9.17) is 11.6 Å². The molecule has 0 bridgehead atoms. The summed E-state index contributed by atoms with van der Waals surface area (Å²) in [6, 6.07) is 19.7. The molecule has 6 heteroatoms. The predicted molar refractivity (Wildman–Crippen MR) is 122 cm³/mol. The van der Waals surface area contributed by atoms with E-state index in [0.29, 0.717) is 31.0 Å². The molecule has 1 atom stereocenters. The Morgan fingerprint density at radius 3 is 2.29 bits per heavy atom. The first kappa shape index (κ1) is 22.5. The topological polar surface area (TPSA) is 62.3 Å². The van der Waals surface area contributed by atoms with Gasteiger partial charge in [0.1, 0.15) is 6.04 Å². The number of amides is 2. The Kier molecular flexibility index (Phi) is 8.19. The van der Waals surface area contributed by atoms with Gasteiger partial charge in [0.15, 0.2) is 0 Å². The molecule has 0 saturated heterocycles. The second kappa shape index (κ2) is 11.3. The van der Waals surface area contributed by atoms with Gasteiger partial charge in [0, 0.05) is 36.9 Å². The minimum absolute atomic E-state index is 0.0645. The highest BCUT2D eigenvalue weighted by molar-refractivity contribution is 6.30. The number of hydrogen-bond donors (Lipinski definition) is 1. The van der Waals surface area contributed by atoms with E-state index in [9.17, 15) is 9.59 Å². The second-order valence-corrected chi connectivity index (χ2v) is 7.72. The molecule has 1 heterocycles. The van der Waals surface area contributed by atoms with Crippen molar-refractivity contribution in [2.45, 2.75) is 38.9 Å². The van der Waals surface area contributed by atoms with Crippen molar-refractivity contribution in [3.8, 4) is 0 Å². The summed E-state index contributed by atoms with van der Waals surface area (Å²) in [5, 5.41) is 3.62. The van der Waals surface area contributed by atoms with E-state index in [1.807, 2.05) is 61.5 Å². The van der Waals surface area contributed by atoms with E-state index < -0.39 is 6.04 Å². The largest absolute Gasteiger partial charge is 0.350 e. The van der Waals surface area contributed by atoms with Crippen molar-refractivity contribution in [2.24, 2.45) is 0 Å². The lowest BCUT2D eigenvalue weighted by atomic mass is 10.0. The van der Waals surface area contributed by atoms with E-state index in [1.165, 1.54) is 0 Å². The molecule has 0 saturated carbocycles. The molecule has 5 nitrogen and oxygen atoms in total. The van der Waals surface area contributed by atoms with Crippen molar-refractivity contribution in [3.63, 3.8) is 0 Å². The molecule has 160 valence electrons. The summed E-state index contributed by atoms with van der Waals surface area (Å²) in [7, 11) is 0. The van der Waals surface area contributed by atoms with Crippen molar-refractivity contribution < 1.29 is 9.59 Å². The number of aromatic nitrogens is 1. The SMILES string of the molecule is CCCC(=O)N(Cc1ccc(Cl)cc1)[C@@H](C(=O)NCc1ccncc1)c1ccccc1. The van der Waals surface area contributed by atoms with Crippen LogP contribution in [0, 0.1) is 0 Å². The molecule has 0 spiro atoms. The van der Waals surface area contributed by atoms with Crippen LogP contribution in [0.15, 0.2) is 79.1 Å². The fourth-order valence-corrected chi connectivity index (χ4v) is 3.49. The van der Waals surface area contributed by atoms with Gasteiger partial charge < -0.3 is 10.2 Å². The first-order valence-electron chi connectivity index (χ1n) is 10.3. The molecule has 31 heavy (non-hydrogen) atoms. The third-order valence-corrected chi connectivity index (χ3v) is 5.19. The van der Waals surface area contributed by atoms with Crippen LogP contribution in [0.1, 0.15) is 42.5 Å². The molecule has 2 aromatic carbocycles. The van der Waals surface area contributed by atoms with Gasteiger partial charge in [-0.2, -0.15) is 0 Å². The highest BCUT2D eigenvalue weighted by Gasteiger charge is 2.31. The van der Waals surface area contributed by atoms with Gasteiger partial charge in [-0.05, 0) is 47.4 Å². The van der Waals surface area contributed by atoms with Crippen LogP contribution in [0.25, 0.3) is 0 Å². The zero-order chi connectivity index (χ0) is 22.1. The summed E-state index contributed by atoms with van der Waals surface area (Å²) in [4.78, 5) is 32.2. The monoisotopic (exact) mass is 435 g/mol. The van der Waals surface area contributed by atoms with Crippen molar-refractivity contribution >= 4 is 23.4 Å². The van der Waals surface area contributed by atoms with Crippen LogP contribution >= 0.6 is 11.6 Å². The normalized spacial score (nSPS) is 11.5. The van der Waals surface area contributed by atoms with Crippen molar-refractivity contribution in [1.29, 1.82) is 0 Å². The molecule has 0 aliphatic heterocycles. The van der Waals surface area contributed by atoms with Crippen LogP contribution < -0.4 is 5.32 Å². The van der Waals surface area contributed by atoms with E-state index >= 15 is 0 Å². The highest BCUT2D eigenvalue weighted by Crippen LogP contribution is 2.25. The molecule has 0 unspecified atom stereocenters. The second-order valence-electron chi connectivity index (χ2n) is 7.28. The standard InChI is InChI=1S/C25H26ClN3O2/c1-2-6-23(30)29(18-20-9-11-22(26)12-10-20)24(21-7-4-3-5-8-21)25(31)28-17-19-13-15-27-16-14-19/h3-5,7-16,24H,2,6,17-18H2,1H3,(H,28,31)/t24-/m1/s1. The maximum Gasteiger partial charge on any atom is 0.247 e. The van der Waals surface area contributed by atoms with E-state index in [1.54, 1.807) is 29.4 Å². The Bertz CT molecular complexity index is 979. The number of rotatable bonds is 9. The Morgan fingerprint density at radius 2 is 1.65 bits per heavy atom. The summed E-state index contributed by atoms with van der Waals surface area (Å²) >= 11 is 6.02. The molecule has 1 aromatic heterocycles. The minimum Gasteiger partial charge on any atom is -0.350 e. The van der Waals surface area contributed by atoms with Crippen molar-refractivity contribution in [3.05, 3.63) is 101 Å². The van der Waals surface area contributed by atoms with Crippen LogP contribution in [-0.2, 0) is 22.7 Å². The van der Waals surface area contributed by atoms with Crippen LogP contribution in [0.5, 0.6) is 0 Å². The fraction of sp³-hybridized carbons (Fsp3) is 0.240. The summed E-state index contributed by atoms with van der Waals surface area (Å²) in [6.07, 6.45) is 4.45. The average molecular weight is 436 g/mol. The Labute approximate surface area is 188 Å². The number of benzene rings is 2. The number of halogens is 1. The maximum atomic E-state index is 13.4. The van der Waals surface area contributed by atoms with E-state index in [2.05, 4.69) is 10.3 Å². The zero-order valence-electron chi connectivity index (χ0n) is 17.5. The van der Waals surface area contributed by atoms with Gasteiger partial charge in [-0.3, -0.25) is 14.6 Å². The van der Waals surface area contributed by atoms with Crippen LogP contribution in [-0.4, -0.2) is 21.7 Å². The average Bonchev–Trinajstić information content (AvgIpc) is 2.80. The van der Waals surface area contributed by atoms with Gasteiger partial charge in [-0.15, -0.1) is 0 Å². The molecule has 3 rings (SSSR count). The fourth-order valence-electron chi connectivity index (χ4n) is 3.36. The number of carbonyl (C=O) groups is 2. The third kappa shape index (κ3) is 6.40. The Hall–Kier alpha value is -3.18. The summed E-state index contributed by atoms with van der Waals surface area (Å²) in [5.41, 5.74) is 2.63. The number of pyridine rings is 1. The van der Waals surface area contributed by atoms with E-state index in [-0.39, 0.29) is 11.8 Å². The van der Waals surface area contributed by atoms with Gasteiger partial charge in [-0.1, -0.05) is 61.0 Å². The first-order chi connectivity index (χ1) is 15.1. The molecule has 2 amide bonds. The molecule has 1 N–H and O–H groups in total. The molecule has 0 fully saturated rings. The molecule has 0 aliphatic carbocycles. The lowest BCUT2D eigenvalue weighted by Crippen LogP contribution is -2.43. The van der Waals surface area contributed by atoms with Crippen molar-refractivity contribution in [1.82, 2.24) is 15.2 Å². The molecular formula is C25H26ClN3O2. The molecule has 0 aliphatic rings. The predicted octanol–water partition coefficient (Wildman–Crippen LogP) is 4.92. The minimum atomic E-state index is -0.738. The Morgan fingerprint density at radius 1 is 0.968 bits per heavy atom. The molecular weight excluding hydrogens is 410 g/mol. The lowest BCUT2D eigenvalue weighted by molar-refractivity contribution is -0.141. The number of carbonyl (C=O) groups excluding carboxylic acids is 2. The molecule has 0 radical (unpaired) electrons. The first-order valence-corrected chi connectivity index (χ1v) is 10.7. The van der Waals surface area contributed by atoms with Crippen molar-refractivity contribution in [2.75, 3.05) is 0 Å². The number of nitrogens with one attached hydrogen (secondary N) is 1. The zero-order valence-corrected chi connectivity index (χ0v) is 18.3. The quantitative estimate of drug-likeness (QED) is 0.518. The van der Waals surface area contributed by atoms with Crippen LogP contribution in [0.4, 0.5) is 0 Å². The van der Waals surface area contributed by atoms with Gasteiger partial charge in [0.2, 0.25) is 11.8 Å². The van der Waals surface area contributed by atoms with Crippen LogP contribution in [0.3, 0.4) is 0 Å². The Balaban J connectivity index is 1.91. The number of hydrogen-bond acceptors (Lipinski definition) is 3. The number of nitrogens with zero attached hydrogens (tertiary/aromatic N) is 2. The summed E-state index contributed by atoms with van der Waals surface area (Å²) in [6.45, 7) is 2.64. The lowest BCUT2D eigenvalue weighted by Gasteiger charge is -2.31. The van der Waals surface area contributed by atoms with Crippen LogP contribution in [0.2, 0.25) is 5.02 Å². The molecule has 3 aromatic rings. The summed E-state index contributed by atoms with van der Waals surface area (Å²) < 4.78 is 0. The highest BCUT2D eigenvalue weighted by atomic mass is 35.5. The summed E-state index contributed by atoms with van der Waals surface area (Å²) in [5.74, 6) is -0.285.